The summed E-state index contributed by atoms with van der Waals surface area (Å²) in [6.07, 6.45) is -10.3. The van der Waals surface area contributed by atoms with Gasteiger partial charge in [0.2, 0.25) is 23.5 Å². The Labute approximate surface area is 193 Å². The van der Waals surface area contributed by atoms with Gasteiger partial charge < -0.3 is 59.8 Å². The first-order valence-electron chi connectivity index (χ1n) is 9.78. The van der Waals surface area contributed by atoms with Gasteiger partial charge in [-0.25, -0.2) is 4.79 Å². The second kappa shape index (κ2) is 8.52. The average Bonchev–Trinajstić information content (AvgIpc) is 2.81. The van der Waals surface area contributed by atoms with Gasteiger partial charge in [-0.15, -0.1) is 0 Å². The Balaban J connectivity index is 1.90. The van der Waals surface area contributed by atoms with Crippen LogP contribution in [-0.4, -0.2) is 82.6 Å². The number of carboxylic acid groups (broad SMARTS) is 1. The standard InChI is InChI=1S/C21H18O14/c22-6-2-1-5(3-7(6)23)9-4-8(24)10-11(25)12(26)14(28)18(17(10)33-9)34-21-16(30)13(27)15(29)19(35-21)20(31)32/h1-4,13,15-16,19,21-23,25-30H,(H,31,32)/t13-,15-,16+,19-,21+/m0/s1. The summed E-state index contributed by atoms with van der Waals surface area (Å²) in [5, 5.41) is 88.4. The van der Waals surface area contributed by atoms with Crippen molar-refractivity contribution in [3.05, 3.63) is 34.5 Å². The molecule has 0 radical (unpaired) electrons. The van der Waals surface area contributed by atoms with Crippen molar-refractivity contribution in [1.29, 1.82) is 0 Å². The number of benzene rings is 2. The smallest absolute Gasteiger partial charge is 0.335 e. The third-order valence-electron chi connectivity index (χ3n) is 5.36. The SMILES string of the molecule is O=C(O)[C@H]1O[C@@H](Oc2c(O)c(O)c(O)c3c(=O)cc(-c4ccc(O)c(O)c4)oc23)[C@H](O)[C@@H](O)[C@@H]1O. The van der Waals surface area contributed by atoms with Crippen LogP contribution in [0.5, 0.6) is 34.5 Å². The van der Waals surface area contributed by atoms with Gasteiger partial charge in [0.05, 0.1) is 0 Å². The van der Waals surface area contributed by atoms with Crippen molar-refractivity contribution in [3.8, 4) is 45.8 Å². The van der Waals surface area contributed by atoms with Gasteiger partial charge in [-0.05, 0) is 18.2 Å². The molecule has 14 nitrogen and oxygen atoms in total. The van der Waals surface area contributed by atoms with E-state index in [0.717, 1.165) is 18.2 Å². The van der Waals surface area contributed by atoms with Crippen LogP contribution >= 0.6 is 0 Å². The van der Waals surface area contributed by atoms with Crippen molar-refractivity contribution in [2.24, 2.45) is 0 Å². The molecule has 14 heteroatoms. The van der Waals surface area contributed by atoms with E-state index in [1.807, 2.05) is 0 Å². The van der Waals surface area contributed by atoms with Crippen LogP contribution in [0.2, 0.25) is 0 Å². The number of aliphatic hydroxyl groups is 3. The lowest BCUT2D eigenvalue weighted by atomic mass is 9.99. The quantitative estimate of drug-likeness (QED) is 0.203. The van der Waals surface area contributed by atoms with Crippen LogP contribution < -0.4 is 10.2 Å². The zero-order valence-electron chi connectivity index (χ0n) is 17.3. The molecule has 1 aliphatic rings. The molecule has 1 aliphatic heterocycles. The van der Waals surface area contributed by atoms with Crippen LogP contribution in [0.4, 0.5) is 0 Å². The summed E-state index contributed by atoms with van der Waals surface area (Å²) in [5.74, 6) is -7.45. The first kappa shape index (κ1) is 23.9. The Morgan fingerprint density at radius 1 is 0.857 bits per heavy atom. The molecule has 2 aromatic carbocycles. The Bertz CT molecular complexity index is 1380. The van der Waals surface area contributed by atoms with Gasteiger partial charge in [0.1, 0.15) is 29.5 Å². The number of rotatable bonds is 4. The molecule has 3 aromatic rings. The van der Waals surface area contributed by atoms with Crippen LogP contribution in [0.1, 0.15) is 0 Å². The maximum atomic E-state index is 12.7. The molecular formula is C21H18O14. The summed E-state index contributed by atoms with van der Waals surface area (Å²) in [6.45, 7) is 0. The highest BCUT2D eigenvalue weighted by atomic mass is 16.7. The molecule has 0 spiro atoms. The predicted octanol–water partition coefficient (Wildman–Crippen LogP) is -0.741. The Morgan fingerprint density at radius 2 is 1.54 bits per heavy atom. The van der Waals surface area contributed by atoms with E-state index in [1.165, 1.54) is 6.07 Å². The van der Waals surface area contributed by atoms with E-state index >= 15 is 0 Å². The van der Waals surface area contributed by atoms with Gasteiger partial charge in [-0.3, -0.25) is 4.79 Å². The Morgan fingerprint density at radius 3 is 2.17 bits per heavy atom. The molecule has 1 saturated heterocycles. The minimum atomic E-state index is -2.07. The molecule has 1 fully saturated rings. The molecule has 4 rings (SSSR count). The van der Waals surface area contributed by atoms with Gasteiger partial charge in [0, 0.05) is 11.6 Å². The van der Waals surface area contributed by atoms with E-state index in [4.69, 9.17) is 13.9 Å². The lowest BCUT2D eigenvalue weighted by molar-refractivity contribution is -0.271. The minimum Gasteiger partial charge on any atom is -0.504 e. The highest BCUT2D eigenvalue weighted by molar-refractivity contribution is 5.94. The molecule has 35 heavy (non-hydrogen) atoms. The number of ether oxygens (including phenoxy) is 2. The van der Waals surface area contributed by atoms with Crippen LogP contribution in [0, 0.1) is 0 Å². The topological polar surface area (TPSA) is 248 Å². The van der Waals surface area contributed by atoms with Crippen LogP contribution in [0.3, 0.4) is 0 Å². The summed E-state index contributed by atoms with van der Waals surface area (Å²) in [7, 11) is 0. The first-order chi connectivity index (χ1) is 16.4. The maximum Gasteiger partial charge on any atom is 0.335 e. The number of phenolic OH excluding ortho intramolecular Hbond substituents is 5. The summed E-state index contributed by atoms with van der Waals surface area (Å²) < 4.78 is 15.8. The number of carboxylic acids is 1. The second-order valence-corrected chi connectivity index (χ2v) is 7.61. The molecule has 1 aromatic heterocycles. The van der Waals surface area contributed by atoms with Gasteiger partial charge in [-0.2, -0.15) is 0 Å². The maximum absolute atomic E-state index is 12.7. The summed E-state index contributed by atoms with van der Waals surface area (Å²) in [6, 6.07) is 4.23. The van der Waals surface area contributed by atoms with E-state index in [2.05, 4.69) is 0 Å². The first-order valence-corrected chi connectivity index (χ1v) is 9.78. The molecule has 2 heterocycles. The molecule has 0 aliphatic carbocycles. The molecule has 9 N–H and O–H groups in total. The number of hydrogen-bond donors (Lipinski definition) is 9. The second-order valence-electron chi connectivity index (χ2n) is 7.61. The third-order valence-corrected chi connectivity index (χ3v) is 5.36. The lowest BCUT2D eigenvalue weighted by Crippen LogP contribution is -2.61. The van der Waals surface area contributed by atoms with Crippen LogP contribution in [-0.2, 0) is 9.53 Å². The Kier molecular flexibility index (Phi) is 5.82. The number of fused-ring (bicyclic) bond motifs is 1. The summed E-state index contributed by atoms with van der Waals surface area (Å²) >= 11 is 0. The number of hydrogen-bond acceptors (Lipinski definition) is 13. The number of phenols is 5. The fraction of sp³-hybridized carbons (Fsp3) is 0.238. The summed E-state index contributed by atoms with van der Waals surface area (Å²) in [5.41, 5.74) is -1.61. The fourth-order valence-electron chi connectivity index (χ4n) is 3.52. The van der Waals surface area contributed by atoms with Crippen molar-refractivity contribution in [2.45, 2.75) is 30.7 Å². The van der Waals surface area contributed by atoms with Gasteiger partial charge in [0.15, 0.2) is 34.4 Å². The number of carbonyl (C=O) groups is 1. The molecule has 0 unspecified atom stereocenters. The van der Waals surface area contributed by atoms with Crippen molar-refractivity contribution < 1.29 is 64.6 Å². The van der Waals surface area contributed by atoms with E-state index in [9.17, 15) is 55.5 Å². The van der Waals surface area contributed by atoms with E-state index in [1.54, 1.807) is 0 Å². The zero-order chi connectivity index (χ0) is 25.8. The van der Waals surface area contributed by atoms with E-state index < -0.39 is 87.6 Å². The molecule has 186 valence electrons. The van der Waals surface area contributed by atoms with Crippen molar-refractivity contribution in [2.75, 3.05) is 0 Å². The molecule has 0 bridgehead atoms. The van der Waals surface area contributed by atoms with Crippen molar-refractivity contribution in [1.82, 2.24) is 0 Å². The molecule has 5 atom stereocenters. The van der Waals surface area contributed by atoms with Crippen molar-refractivity contribution in [3.63, 3.8) is 0 Å². The highest BCUT2D eigenvalue weighted by Crippen LogP contribution is 2.49. The number of aliphatic hydroxyl groups excluding tert-OH is 3. The average molecular weight is 494 g/mol. The summed E-state index contributed by atoms with van der Waals surface area (Å²) in [4.78, 5) is 24.1. The highest BCUT2D eigenvalue weighted by Gasteiger charge is 2.48. The monoisotopic (exact) mass is 494 g/mol. The number of aliphatic carboxylic acids is 1. The van der Waals surface area contributed by atoms with Crippen LogP contribution in [0.15, 0.2) is 33.5 Å². The van der Waals surface area contributed by atoms with Gasteiger partial charge >= 0.3 is 5.97 Å². The minimum absolute atomic E-state index is 0.0516. The van der Waals surface area contributed by atoms with Gasteiger partial charge in [-0.1, -0.05) is 0 Å². The van der Waals surface area contributed by atoms with Crippen LogP contribution in [0.25, 0.3) is 22.3 Å². The third kappa shape index (κ3) is 3.89. The predicted molar refractivity (Wildman–Crippen MR) is 111 cm³/mol. The molecule has 0 amide bonds. The van der Waals surface area contributed by atoms with E-state index in [-0.39, 0.29) is 11.3 Å². The largest absolute Gasteiger partial charge is 0.504 e. The number of aromatic hydroxyl groups is 5. The molecule has 0 saturated carbocycles. The normalized spacial score (nSPS) is 24.4. The fourth-order valence-corrected chi connectivity index (χ4v) is 3.52. The zero-order valence-corrected chi connectivity index (χ0v) is 17.3. The van der Waals surface area contributed by atoms with Crippen molar-refractivity contribution >= 4 is 16.9 Å². The van der Waals surface area contributed by atoms with Gasteiger partial charge in [0.25, 0.3) is 0 Å². The Hall–Kier alpha value is -4.24. The lowest BCUT2D eigenvalue weighted by Gasteiger charge is -2.38. The van der Waals surface area contributed by atoms with E-state index in [0.29, 0.717) is 0 Å². The molecular weight excluding hydrogens is 476 g/mol.